The number of nitrogens with one attached hydrogen (secondary N) is 1. The molecule has 1 N–H and O–H groups in total. The summed E-state index contributed by atoms with van der Waals surface area (Å²) in [4.78, 5) is 4.30. The Labute approximate surface area is 114 Å². The van der Waals surface area contributed by atoms with E-state index in [1.807, 2.05) is 18.6 Å². The number of hydrogen-bond acceptors (Lipinski definition) is 3. The third kappa shape index (κ3) is 3.20. The van der Waals surface area contributed by atoms with E-state index < -0.39 is 0 Å². The van der Waals surface area contributed by atoms with Crippen LogP contribution in [-0.2, 0) is 6.54 Å². The van der Waals surface area contributed by atoms with Crippen LogP contribution in [0.1, 0.15) is 43.1 Å². The highest BCUT2D eigenvalue weighted by Crippen LogP contribution is 2.22. The number of pyridine rings is 1. The van der Waals surface area contributed by atoms with E-state index in [-0.39, 0.29) is 6.04 Å². The quantitative estimate of drug-likeness (QED) is 0.866. The number of nitrogens with zero attached hydrogens (tertiary/aromatic N) is 3. The lowest BCUT2D eigenvalue weighted by atomic mass is 10.0. The van der Waals surface area contributed by atoms with Gasteiger partial charge in [-0.2, -0.15) is 5.10 Å². The van der Waals surface area contributed by atoms with E-state index in [9.17, 15) is 0 Å². The Balaban J connectivity index is 2.36. The first-order valence-corrected chi connectivity index (χ1v) is 6.92. The van der Waals surface area contributed by atoms with Crippen LogP contribution in [0.5, 0.6) is 0 Å². The molecule has 0 aliphatic rings. The van der Waals surface area contributed by atoms with Crippen molar-refractivity contribution in [2.75, 3.05) is 6.54 Å². The van der Waals surface area contributed by atoms with E-state index in [1.165, 1.54) is 16.8 Å². The lowest BCUT2D eigenvalue weighted by Crippen LogP contribution is -2.25. The molecule has 2 aromatic heterocycles. The van der Waals surface area contributed by atoms with Crippen molar-refractivity contribution in [1.82, 2.24) is 20.1 Å². The second-order valence-electron chi connectivity index (χ2n) is 4.77. The molecule has 0 saturated heterocycles. The van der Waals surface area contributed by atoms with Crippen molar-refractivity contribution < 1.29 is 0 Å². The zero-order chi connectivity index (χ0) is 13.7. The number of aryl methyl sites for hydroxylation is 2. The average Bonchev–Trinajstić information content (AvgIpc) is 2.84. The molecule has 4 heteroatoms. The molecule has 1 unspecified atom stereocenters. The maximum atomic E-state index is 4.41. The molecule has 1 atom stereocenters. The van der Waals surface area contributed by atoms with Crippen LogP contribution in [0.15, 0.2) is 30.7 Å². The van der Waals surface area contributed by atoms with E-state index >= 15 is 0 Å². The minimum absolute atomic E-state index is 0.159. The van der Waals surface area contributed by atoms with Gasteiger partial charge in [0.15, 0.2) is 0 Å². The van der Waals surface area contributed by atoms with Crippen molar-refractivity contribution in [2.45, 2.75) is 39.8 Å². The largest absolute Gasteiger partial charge is 0.305 e. The fraction of sp³-hybridized carbons (Fsp3) is 0.467. The van der Waals surface area contributed by atoms with Gasteiger partial charge >= 0.3 is 0 Å². The van der Waals surface area contributed by atoms with Gasteiger partial charge in [0.25, 0.3) is 0 Å². The van der Waals surface area contributed by atoms with Gasteiger partial charge in [-0.25, -0.2) is 0 Å². The van der Waals surface area contributed by atoms with Gasteiger partial charge in [0, 0.05) is 25.1 Å². The molecule has 2 rings (SSSR count). The molecule has 19 heavy (non-hydrogen) atoms. The van der Waals surface area contributed by atoms with Crippen LogP contribution in [0.3, 0.4) is 0 Å². The number of rotatable bonds is 6. The molecule has 0 bridgehead atoms. The van der Waals surface area contributed by atoms with E-state index in [0.29, 0.717) is 0 Å². The lowest BCUT2D eigenvalue weighted by Gasteiger charge is -2.20. The average molecular weight is 258 g/mol. The van der Waals surface area contributed by atoms with Gasteiger partial charge in [-0.1, -0.05) is 19.9 Å². The van der Waals surface area contributed by atoms with Crippen molar-refractivity contribution in [1.29, 1.82) is 0 Å². The summed E-state index contributed by atoms with van der Waals surface area (Å²) in [7, 11) is 0. The van der Waals surface area contributed by atoms with Gasteiger partial charge in [-0.15, -0.1) is 0 Å². The summed E-state index contributed by atoms with van der Waals surface area (Å²) in [6.07, 6.45) is 6.78. The predicted octanol–water partition coefficient (Wildman–Crippen LogP) is 2.70. The van der Waals surface area contributed by atoms with Crippen molar-refractivity contribution in [3.8, 4) is 0 Å². The van der Waals surface area contributed by atoms with E-state index in [2.05, 4.69) is 53.0 Å². The van der Waals surface area contributed by atoms with Crippen molar-refractivity contribution >= 4 is 0 Å². The molecule has 0 aromatic carbocycles. The van der Waals surface area contributed by atoms with Crippen LogP contribution < -0.4 is 5.32 Å². The van der Waals surface area contributed by atoms with Crippen LogP contribution in [0.25, 0.3) is 0 Å². The molecular formula is C15H22N4. The Morgan fingerprint density at radius 1 is 1.32 bits per heavy atom. The molecule has 0 amide bonds. The fourth-order valence-electron chi connectivity index (χ4n) is 2.32. The third-order valence-corrected chi connectivity index (χ3v) is 3.12. The second-order valence-corrected chi connectivity index (χ2v) is 4.77. The minimum atomic E-state index is 0.159. The normalized spacial score (nSPS) is 12.6. The highest BCUT2D eigenvalue weighted by Gasteiger charge is 2.17. The highest BCUT2D eigenvalue weighted by molar-refractivity contribution is 5.27. The summed E-state index contributed by atoms with van der Waals surface area (Å²) in [5.74, 6) is 0. The van der Waals surface area contributed by atoms with Crippen molar-refractivity contribution in [3.05, 3.63) is 47.5 Å². The lowest BCUT2D eigenvalue weighted by molar-refractivity contribution is 0.519. The molecule has 4 nitrogen and oxygen atoms in total. The van der Waals surface area contributed by atoms with Crippen molar-refractivity contribution in [2.24, 2.45) is 0 Å². The highest BCUT2D eigenvalue weighted by atomic mass is 15.3. The smallest absolute Gasteiger partial charge is 0.0763 e. The van der Waals surface area contributed by atoms with E-state index in [0.717, 1.165) is 19.5 Å². The molecule has 2 aromatic rings. The van der Waals surface area contributed by atoms with Crippen LogP contribution in [0.2, 0.25) is 0 Å². The summed E-state index contributed by atoms with van der Waals surface area (Å²) < 4.78 is 2.08. The minimum Gasteiger partial charge on any atom is -0.305 e. The Morgan fingerprint density at radius 2 is 2.16 bits per heavy atom. The van der Waals surface area contributed by atoms with Gasteiger partial charge in [-0.3, -0.25) is 9.67 Å². The molecule has 0 aliphatic carbocycles. The van der Waals surface area contributed by atoms with Crippen LogP contribution in [0, 0.1) is 6.92 Å². The monoisotopic (exact) mass is 258 g/mol. The second kappa shape index (κ2) is 6.48. The summed E-state index contributed by atoms with van der Waals surface area (Å²) in [6.45, 7) is 8.22. The first-order chi connectivity index (χ1) is 9.26. The molecule has 102 valence electrons. The first kappa shape index (κ1) is 13.7. The van der Waals surface area contributed by atoms with Gasteiger partial charge in [-0.05, 0) is 37.1 Å². The maximum absolute atomic E-state index is 4.41. The summed E-state index contributed by atoms with van der Waals surface area (Å²) >= 11 is 0. The van der Waals surface area contributed by atoms with Gasteiger partial charge in [0.1, 0.15) is 0 Å². The molecule has 0 saturated carbocycles. The Bertz CT molecular complexity index is 518. The van der Waals surface area contributed by atoms with E-state index in [4.69, 9.17) is 0 Å². The Morgan fingerprint density at radius 3 is 2.84 bits per heavy atom. The van der Waals surface area contributed by atoms with Crippen LogP contribution in [-0.4, -0.2) is 21.3 Å². The summed E-state index contributed by atoms with van der Waals surface area (Å²) in [6, 6.07) is 4.43. The standard InChI is InChI=1S/C15H22N4/c1-4-8-19-14(6-7-18-19)15(17-5-2)13-9-12(3)10-16-11-13/h6-7,9-11,15,17H,4-5,8H2,1-3H3. The van der Waals surface area contributed by atoms with Crippen LogP contribution in [0.4, 0.5) is 0 Å². The molecule has 2 heterocycles. The molecule has 0 spiro atoms. The van der Waals surface area contributed by atoms with Gasteiger partial charge < -0.3 is 5.32 Å². The first-order valence-electron chi connectivity index (χ1n) is 6.92. The van der Waals surface area contributed by atoms with Gasteiger partial charge in [0.05, 0.1) is 11.7 Å². The number of hydrogen-bond donors (Lipinski definition) is 1. The molecule has 0 radical (unpaired) electrons. The molecule has 0 aliphatic heterocycles. The fourth-order valence-corrected chi connectivity index (χ4v) is 2.32. The maximum Gasteiger partial charge on any atom is 0.0763 e. The third-order valence-electron chi connectivity index (χ3n) is 3.12. The topological polar surface area (TPSA) is 42.7 Å². The number of aromatic nitrogens is 3. The molecular weight excluding hydrogens is 236 g/mol. The SMILES string of the molecule is CCCn1nccc1C(NCC)c1cncc(C)c1. The zero-order valence-electron chi connectivity index (χ0n) is 11.9. The van der Waals surface area contributed by atoms with Gasteiger partial charge in [0.2, 0.25) is 0 Å². The van der Waals surface area contributed by atoms with Crippen LogP contribution >= 0.6 is 0 Å². The summed E-state index contributed by atoms with van der Waals surface area (Å²) in [5.41, 5.74) is 3.58. The summed E-state index contributed by atoms with van der Waals surface area (Å²) in [5, 5.41) is 7.94. The zero-order valence-corrected chi connectivity index (χ0v) is 11.9. The Kier molecular flexibility index (Phi) is 4.68. The Hall–Kier alpha value is -1.68. The predicted molar refractivity (Wildman–Crippen MR) is 77.0 cm³/mol. The molecule has 0 fully saturated rings. The van der Waals surface area contributed by atoms with E-state index in [1.54, 1.807) is 0 Å². The van der Waals surface area contributed by atoms with Crippen molar-refractivity contribution in [3.63, 3.8) is 0 Å².